The number of hydrogen-bond donors (Lipinski definition) is 1. The van der Waals surface area contributed by atoms with Gasteiger partial charge in [-0.25, -0.2) is 0 Å². The number of fused-ring (bicyclic) bond motifs is 1. The number of carbonyl (C=O) groups is 1. The highest BCUT2D eigenvalue weighted by Crippen LogP contribution is 2.19. The summed E-state index contributed by atoms with van der Waals surface area (Å²) in [6.45, 7) is 2.97. The Morgan fingerprint density at radius 3 is 3.13 bits per heavy atom. The summed E-state index contributed by atoms with van der Waals surface area (Å²) in [6, 6.07) is 4.10. The smallest absolute Gasteiger partial charge is 0.220 e. The normalized spacial score (nSPS) is 15.7. The van der Waals surface area contributed by atoms with Crippen molar-refractivity contribution in [2.45, 2.75) is 64.5 Å². The van der Waals surface area contributed by atoms with E-state index in [9.17, 15) is 4.79 Å². The molecular weight excluding hydrogens is 308 g/mol. The Morgan fingerprint density at radius 2 is 2.30 bits per heavy atom. The molecule has 3 heterocycles. The van der Waals surface area contributed by atoms with Crippen molar-refractivity contribution in [3.05, 3.63) is 34.0 Å². The highest BCUT2D eigenvalue weighted by atomic mass is 32.1. The summed E-state index contributed by atoms with van der Waals surface area (Å²) in [6.07, 6.45) is 7.00. The number of nitrogens with zero attached hydrogens (tertiary/aromatic N) is 3. The zero-order chi connectivity index (χ0) is 16.1. The van der Waals surface area contributed by atoms with Crippen LogP contribution in [0.3, 0.4) is 0 Å². The Kier molecular flexibility index (Phi) is 5.43. The lowest BCUT2D eigenvalue weighted by Gasteiger charge is -2.15. The first-order valence-electron chi connectivity index (χ1n) is 8.48. The van der Waals surface area contributed by atoms with E-state index in [2.05, 4.69) is 37.6 Å². The lowest BCUT2D eigenvalue weighted by molar-refractivity contribution is -0.121. The van der Waals surface area contributed by atoms with Gasteiger partial charge in [0.2, 0.25) is 5.91 Å². The minimum Gasteiger partial charge on any atom is -0.346 e. The molecule has 2 aromatic heterocycles. The number of aromatic nitrogens is 3. The number of hydrogen-bond acceptors (Lipinski definition) is 4. The highest BCUT2D eigenvalue weighted by molar-refractivity contribution is 7.09. The molecule has 2 aromatic rings. The van der Waals surface area contributed by atoms with Crippen molar-refractivity contribution in [2.75, 3.05) is 0 Å². The fourth-order valence-corrected chi connectivity index (χ4v) is 3.84. The van der Waals surface area contributed by atoms with Crippen molar-refractivity contribution in [1.82, 2.24) is 20.1 Å². The summed E-state index contributed by atoms with van der Waals surface area (Å²) >= 11 is 1.75. The van der Waals surface area contributed by atoms with Crippen LogP contribution in [0.1, 0.15) is 61.6 Å². The summed E-state index contributed by atoms with van der Waals surface area (Å²) in [5.41, 5.74) is 0. The lowest BCUT2D eigenvalue weighted by atomic mass is 10.2. The molecule has 0 saturated carbocycles. The molecule has 0 spiro atoms. The molecule has 0 aromatic carbocycles. The van der Waals surface area contributed by atoms with E-state index in [0.717, 1.165) is 37.5 Å². The minimum absolute atomic E-state index is 0.0800. The summed E-state index contributed by atoms with van der Waals surface area (Å²) in [4.78, 5) is 13.5. The van der Waals surface area contributed by atoms with Crippen molar-refractivity contribution in [1.29, 1.82) is 0 Å². The Bertz CT molecular complexity index is 635. The predicted octanol–water partition coefficient (Wildman–Crippen LogP) is 3.27. The standard InChI is InChI=1S/C17H24N4OS/c1-13(17-20-19-15-9-3-2-4-11-21(15)17)18-16(22)10-5-7-14-8-6-12-23-14/h6,8,12-13H,2-5,7,9-11H2,1H3,(H,18,22)/t13-/m1/s1. The van der Waals surface area contributed by atoms with Gasteiger partial charge in [0, 0.05) is 24.3 Å². The quantitative estimate of drug-likeness (QED) is 0.883. The van der Waals surface area contributed by atoms with Gasteiger partial charge in [-0.1, -0.05) is 12.5 Å². The molecule has 124 valence electrons. The first-order chi connectivity index (χ1) is 11.2. The van der Waals surface area contributed by atoms with Gasteiger partial charge in [-0.3, -0.25) is 4.79 Å². The number of amides is 1. The monoisotopic (exact) mass is 332 g/mol. The van der Waals surface area contributed by atoms with Gasteiger partial charge in [-0.2, -0.15) is 0 Å². The van der Waals surface area contributed by atoms with E-state index in [-0.39, 0.29) is 11.9 Å². The first-order valence-corrected chi connectivity index (χ1v) is 9.35. The van der Waals surface area contributed by atoms with Crippen LogP contribution in [0.4, 0.5) is 0 Å². The second kappa shape index (κ2) is 7.73. The molecule has 5 nitrogen and oxygen atoms in total. The maximum atomic E-state index is 12.1. The van der Waals surface area contributed by atoms with E-state index in [1.165, 1.54) is 24.1 Å². The van der Waals surface area contributed by atoms with Crippen LogP contribution in [-0.2, 0) is 24.2 Å². The summed E-state index contributed by atoms with van der Waals surface area (Å²) in [5, 5.41) is 13.8. The van der Waals surface area contributed by atoms with E-state index in [1.54, 1.807) is 11.3 Å². The van der Waals surface area contributed by atoms with Crippen LogP contribution in [0.2, 0.25) is 0 Å². The number of rotatable bonds is 6. The van der Waals surface area contributed by atoms with Gasteiger partial charge in [-0.05, 0) is 44.1 Å². The summed E-state index contributed by atoms with van der Waals surface area (Å²) < 4.78 is 2.20. The van der Waals surface area contributed by atoms with Gasteiger partial charge < -0.3 is 9.88 Å². The molecule has 3 rings (SSSR count). The lowest BCUT2D eigenvalue weighted by Crippen LogP contribution is -2.28. The molecule has 1 aliphatic heterocycles. The van der Waals surface area contributed by atoms with Crippen LogP contribution in [-0.4, -0.2) is 20.7 Å². The highest BCUT2D eigenvalue weighted by Gasteiger charge is 2.20. The third kappa shape index (κ3) is 4.19. The van der Waals surface area contributed by atoms with Gasteiger partial charge in [0.25, 0.3) is 0 Å². The molecule has 1 N–H and O–H groups in total. The van der Waals surface area contributed by atoms with Crippen molar-refractivity contribution in [3.63, 3.8) is 0 Å². The number of carbonyl (C=O) groups excluding carboxylic acids is 1. The Hall–Kier alpha value is -1.69. The molecule has 1 aliphatic rings. The van der Waals surface area contributed by atoms with Crippen molar-refractivity contribution < 1.29 is 4.79 Å². The van der Waals surface area contributed by atoms with E-state index in [0.29, 0.717) is 6.42 Å². The Balaban J connectivity index is 1.51. The number of aryl methyl sites for hydroxylation is 2. The van der Waals surface area contributed by atoms with Crippen LogP contribution >= 0.6 is 11.3 Å². The number of nitrogens with one attached hydrogen (secondary N) is 1. The molecule has 23 heavy (non-hydrogen) atoms. The van der Waals surface area contributed by atoms with Gasteiger partial charge >= 0.3 is 0 Å². The van der Waals surface area contributed by atoms with Crippen molar-refractivity contribution in [3.8, 4) is 0 Å². The van der Waals surface area contributed by atoms with Gasteiger partial charge in [0.05, 0.1) is 6.04 Å². The Morgan fingerprint density at radius 1 is 1.39 bits per heavy atom. The van der Waals surface area contributed by atoms with Crippen LogP contribution in [0.25, 0.3) is 0 Å². The zero-order valence-corrected chi connectivity index (χ0v) is 14.4. The molecule has 0 bridgehead atoms. The molecule has 1 atom stereocenters. The number of thiophene rings is 1. The van der Waals surface area contributed by atoms with E-state index in [4.69, 9.17) is 0 Å². The fraction of sp³-hybridized carbons (Fsp3) is 0.588. The molecule has 0 fully saturated rings. The largest absolute Gasteiger partial charge is 0.346 e. The molecule has 0 radical (unpaired) electrons. The van der Waals surface area contributed by atoms with Crippen LogP contribution in [0.15, 0.2) is 17.5 Å². The molecule has 0 unspecified atom stereocenters. The van der Waals surface area contributed by atoms with Crippen molar-refractivity contribution in [2.24, 2.45) is 0 Å². The topological polar surface area (TPSA) is 59.8 Å². The minimum atomic E-state index is -0.0800. The zero-order valence-electron chi connectivity index (χ0n) is 13.6. The molecular formula is C17H24N4OS. The SMILES string of the molecule is C[C@@H](NC(=O)CCCc1cccs1)c1nnc2n1CCCCC2. The average molecular weight is 332 g/mol. The summed E-state index contributed by atoms with van der Waals surface area (Å²) in [5.74, 6) is 2.06. The van der Waals surface area contributed by atoms with Gasteiger partial charge in [0.1, 0.15) is 5.82 Å². The average Bonchev–Trinajstić information content (AvgIpc) is 3.12. The maximum Gasteiger partial charge on any atom is 0.220 e. The van der Waals surface area contributed by atoms with Crippen LogP contribution in [0, 0.1) is 0 Å². The molecule has 0 saturated heterocycles. The molecule has 1 amide bonds. The van der Waals surface area contributed by atoms with Crippen molar-refractivity contribution >= 4 is 17.2 Å². The second-order valence-electron chi connectivity index (χ2n) is 6.16. The fourth-order valence-electron chi connectivity index (χ4n) is 3.08. The van der Waals surface area contributed by atoms with Crippen LogP contribution in [0.5, 0.6) is 0 Å². The first kappa shape index (κ1) is 16.2. The third-order valence-electron chi connectivity index (χ3n) is 4.31. The van der Waals surface area contributed by atoms with E-state index < -0.39 is 0 Å². The second-order valence-corrected chi connectivity index (χ2v) is 7.19. The third-order valence-corrected chi connectivity index (χ3v) is 5.25. The van der Waals surface area contributed by atoms with Gasteiger partial charge in [0.15, 0.2) is 5.82 Å². The van der Waals surface area contributed by atoms with Gasteiger partial charge in [-0.15, -0.1) is 21.5 Å². The predicted molar refractivity (Wildman–Crippen MR) is 91.4 cm³/mol. The maximum absolute atomic E-state index is 12.1. The van der Waals surface area contributed by atoms with E-state index >= 15 is 0 Å². The molecule has 0 aliphatic carbocycles. The Labute approximate surface area is 141 Å². The van der Waals surface area contributed by atoms with Crippen LogP contribution < -0.4 is 5.32 Å². The van der Waals surface area contributed by atoms with E-state index in [1.807, 2.05) is 6.92 Å². The summed E-state index contributed by atoms with van der Waals surface area (Å²) in [7, 11) is 0. The molecule has 6 heteroatoms.